The first-order valence-corrected chi connectivity index (χ1v) is 23.4. The molecule has 0 bridgehead atoms. The maximum absolute atomic E-state index is 6.92. The normalized spacial score (nSPS) is 13.2. The van der Waals surface area contributed by atoms with Crippen molar-refractivity contribution in [3.63, 3.8) is 0 Å². The average Bonchev–Trinajstić information content (AvgIpc) is 3.87. The standard InChI is InChI=1S/C62H59N4O.Pt/c1-59(2,3)44-32-33-63-58(38-44)66-54-27-18-17-26-52(54)53-30-29-50(40-56(53)66)67-51-36-47(60(4,5)6)35-49(39-51)65-41-64(48-25-19-24-45(34-48)61(7,8)42-20-13-11-14-21-42)55-31-28-46(37-57(55)65)62(9,10)43-22-15-12-16-23-43;/h11-38,41H,1-10H3;/q-3;. The fourth-order valence-electron chi connectivity index (χ4n) is 9.48. The number of anilines is 4. The Hall–Kier alpha value is -6.42. The zero-order chi connectivity index (χ0) is 46.9. The Morgan fingerprint density at radius 3 is 1.78 bits per heavy atom. The van der Waals surface area contributed by atoms with E-state index in [-0.39, 0.29) is 42.7 Å². The maximum Gasteiger partial charge on any atom is 0.135 e. The van der Waals surface area contributed by atoms with Gasteiger partial charge in [-0.1, -0.05) is 172 Å². The Morgan fingerprint density at radius 1 is 0.471 bits per heavy atom. The number of ether oxygens (including phenoxy) is 1. The van der Waals surface area contributed by atoms with Crippen molar-refractivity contribution in [1.29, 1.82) is 0 Å². The molecule has 0 saturated heterocycles. The van der Waals surface area contributed by atoms with Crippen LogP contribution in [-0.4, -0.2) is 9.55 Å². The molecule has 7 aromatic carbocycles. The van der Waals surface area contributed by atoms with E-state index in [0.29, 0.717) is 11.5 Å². The molecular formula is C62H59N4OPt-3. The third kappa shape index (κ3) is 8.56. The molecular weight excluding hydrogens is 1010 g/mol. The Bertz CT molecular complexity index is 3280. The predicted molar refractivity (Wildman–Crippen MR) is 279 cm³/mol. The van der Waals surface area contributed by atoms with Crippen LogP contribution in [0, 0.1) is 18.8 Å². The molecule has 9 aromatic rings. The molecule has 0 aliphatic carbocycles. The monoisotopic (exact) mass is 1070 g/mol. The molecule has 68 heavy (non-hydrogen) atoms. The van der Waals surface area contributed by atoms with Gasteiger partial charge in [-0.25, -0.2) is 4.98 Å². The first-order chi connectivity index (χ1) is 32.0. The predicted octanol–water partition coefficient (Wildman–Crippen LogP) is 16.2. The molecule has 6 heteroatoms. The number of fused-ring (bicyclic) bond motifs is 4. The van der Waals surface area contributed by atoms with Gasteiger partial charge < -0.3 is 19.1 Å². The summed E-state index contributed by atoms with van der Waals surface area (Å²) in [7, 11) is 0. The van der Waals surface area contributed by atoms with Gasteiger partial charge in [-0.15, -0.1) is 53.6 Å². The van der Waals surface area contributed by atoms with Gasteiger partial charge in [0, 0.05) is 72.2 Å². The van der Waals surface area contributed by atoms with Crippen molar-refractivity contribution in [2.24, 2.45) is 0 Å². The zero-order valence-electron chi connectivity index (χ0n) is 40.8. The SMILES string of the molecule is CC(C)(C)c1cc(Oc2[c-]c3c(cc2)c2ccccc2n3-c2cc(C(C)(C)C)ccn2)[c-]c(N2[CH-]N(c3cccc(C(C)(C)c4ccccc4)c3)c3ccc(C(C)(C)c4ccccc4)cc32)c1.[Pt]. The van der Waals surface area contributed by atoms with Crippen LogP contribution >= 0.6 is 0 Å². The average molecular weight is 1070 g/mol. The molecule has 0 atom stereocenters. The summed E-state index contributed by atoms with van der Waals surface area (Å²) in [6.07, 6.45) is 1.91. The summed E-state index contributed by atoms with van der Waals surface area (Å²) in [5, 5.41) is 2.23. The van der Waals surface area contributed by atoms with E-state index in [1.165, 1.54) is 27.8 Å². The molecule has 0 amide bonds. The van der Waals surface area contributed by atoms with Gasteiger partial charge in [-0.2, -0.15) is 6.07 Å². The minimum atomic E-state index is -0.249. The molecule has 0 saturated carbocycles. The third-order valence-corrected chi connectivity index (χ3v) is 13.9. The van der Waals surface area contributed by atoms with E-state index < -0.39 is 0 Å². The van der Waals surface area contributed by atoms with Gasteiger partial charge in [0.1, 0.15) is 5.82 Å². The van der Waals surface area contributed by atoms with Crippen molar-refractivity contribution in [3.8, 4) is 17.3 Å². The quantitative estimate of drug-likeness (QED) is 0.135. The first-order valence-electron chi connectivity index (χ1n) is 23.4. The number of benzene rings is 7. The summed E-state index contributed by atoms with van der Waals surface area (Å²) in [5.41, 5.74) is 12.8. The van der Waals surface area contributed by atoms with Crippen LogP contribution in [0.5, 0.6) is 11.5 Å². The number of rotatable bonds is 9. The summed E-state index contributed by atoms with van der Waals surface area (Å²) in [5.74, 6) is 2.08. The number of hydrogen-bond acceptors (Lipinski definition) is 4. The third-order valence-electron chi connectivity index (χ3n) is 13.9. The van der Waals surface area contributed by atoms with Gasteiger partial charge in [0.15, 0.2) is 0 Å². The van der Waals surface area contributed by atoms with Crippen LogP contribution in [0.25, 0.3) is 27.6 Å². The van der Waals surface area contributed by atoms with Crippen LogP contribution in [0.15, 0.2) is 170 Å². The van der Waals surface area contributed by atoms with Crippen LogP contribution in [0.2, 0.25) is 0 Å². The minimum Gasteiger partial charge on any atom is -0.509 e. The smallest absolute Gasteiger partial charge is 0.135 e. The second kappa shape index (κ2) is 17.6. The molecule has 2 aromatic heterocycles. The maximum atomic E-state index is 6.92. The van der Waals surface area contributed by atoms with Crippen molar-refractivity contribution in [3.05, 3.63) is 222 Å². The number of hydrogen-bond donors (Lipinski definition) is 0. The molecule has 0 fully saturated rings. The van der Waals surface area contributed by atoms with E-state index in [4.69, 9.17) is 9.72 Å². The van der Waals surface area contributed by atoms with E-state index in [0.717, 1.165) is 55.9 Å². The summed E-state index contributed by atoms with van der Waals surface area (Å²) < 4.78 is 9.13. The molecule has 346 valence electrons. The first kappa shape index (κ1) is 46.7. The van der Waals surface area contributed by atoms with Crippen molar-refractivity contribution < 1.29 is 25.8 Å². The Balaban J connectivity index is 0.00000578. The van der Waals surface area contributed by atoms with Gasteiger partial charge in [0.2, 0.25) is 0 Å². The fourth-order valence-corrected chi connectivity index (χ4v) is 9.48. The number of pyridine rings is 1. The Kier molecular flexibility index (Phi) is 12.1. The molecule has 0 unspecified atom stereocenters. The molecule has 0 radical (unpaired) electrons. The van der Waals surface area contributed by atoms with E-state index >= 15 is 0 Å². The van der Waals surface area contributed by atoms with Gasteiger partial charge in [-0.3, -0.25) is 0 Å². The minimum absolute atomic E-state index is 0. The molecule has 10 rings (SSSR count). The van der Waals surface area contributed by atoms with Crippen LogP contribution in [0.4, 0.5) is 22.7 Å². The Labute approximate surface area is 417 Å². The van der Waals surface area contributed by atoms with Crippen LogP contribution in [0.1, 0.15) is 103 Å². The van der Waals surface area contributed by atoms with Crippen LogP contribution in [-0.2, 0) is 42.7 Å². The molecule has 0 N–H and O–H groups in total. The molecule has 1 aliphatic rings. The largest absolute Gasteiger partial charge is 0.509 e. The molecule has 5 nitrogen and oxygen atoms in total. The fraction of sp³-hybridized carbons (Fsp3) is 0.226. The zero-order valence-corrected chi connectivity index (χ0v) is 43.0. The van der Waals surface area contributed by atoms with Crippen molar-refractivity contribution in [2.45, 2.75) is 90.9 Å². The molecule has 0 spiro atoms. The number of nitrogens with zero attached hydrogens (tertiary/aromatic N) is 4. The van der Waals surface area contributed by atoms with Crippen LogP contribution < -0.4 is 14.5 Å². The summed E-state index contributed by atoms with van der Waals surface area (Å²) >= 11 is 0. The van der Waals surface area contributed by atoms with Gasteiger partial charge >= 0.3 is 0 Å². The summed E-state index contributed by atoms with van der Waals surface area (Å²) in [4.78, 5) is 9.51. The van der Waals surface area contributed by atoms with E-state index in [9.17, 15) is 0 Å². The van der Waals surface area contributed by atoms with Gasteiger partial charge in [-0.05, 0) is 86.5 Å². The Morgan fingerprint density at radius 2 is 1.10 bits per heavy atom. The number of para-hydroxylation sites is 1. The topological polar surface area (TPSA) is 33.5 Å². The van der Waals surface area contributed by atoms with E-state index in [1.807, 2.05) is 12.3 Å². The van der Waals surface area contributed by atoms with Crippen molar-refractivity contribution in [2.75, 3.05) is 9.80 Å². The van der Waals surface area contributed by atoms with Crippen molar-refractivity contribution in [1.82, 2.24) is 9.55 Å². The summed E-state index contributed by atoms with van der Waals surface area (Å²) in [6.45, 7) is 24.9. The molecule has 1 aliphatic heterocycles. The van der Waals surface area contributed by atoms with E-state index in [2.05, 4.69) is 260 Å². The van der Waals surface area contributed by atoms with E-state index in [1.54, 1.807) is 0 Å². The van der Waals surface area contributed by atoms with Crippen molar-refractivity contribution >= 4 is 44.6 Å². The van der Waals surface area contributed by atoms with Crippen LogP contribution in [0.3, 0.4) is 0 Å². The van der Waals surface area contributed by atoms with Gasteiger partial charge in [0.05, 0.1) is 0 Å². The summed E-state index contributed by atoms with van der Waals surface area (Å²) in [6, 6.07) is 66.3. The van der Waals surface area contributed by atoms with Gasteiger partial charge in [0.25, 0.3) is 0 Å². The second-order valence-corrected chi connectivity index (χ2v) is 21.2. The molecule has 3 heterocycles. The second-order valence-electron chi connectivity index (χ2n) is 21.2. The number of aromatic nitrogens is 2.